The summed E-state index contributed by atoms with van der Waals surface area (Å²) >= 11 is 2.20. The van der Waals surface area contributed by atoms with Crippen molar-refractivity contribution in [1.29, 1.82) is 0 Å². The van der Waals surface area contributed by atoms with Crippen LogP contribution in [0.3, 0.4) is 0 Å². The Hall–Kier alpha value is -1.21. The van der Waals surface area contributed by atoms with Gasteiger partial charge in [0.1, 0.15) is 0 Å². The lowest BCUT2D eigenvalue weighted by molar-refractivity contribution is 0.680. The van der Waals surface area contributed by atoms with Crippen molar-refractivity contribution in [2.75, 3.05) is 0 Å². The zero-order chi connectivity index (χ0) is 18.1. The molecule has 0 saturated carbocycles. The van der Waals surface area contributed by atoms with Crippen molar-refractivity contribution < 1.29 is 0 Å². The van der Waals surface area contributed by atoms with Crippen LogP contribution >= 0.6 is 11.8 Å². The van der Waals surface area contributed by atoms with E-state index in [1.807, 2.05) is 0 Å². The first-order chi connectivity index (χ1) is 12.2. The molecule has 0 radical (unpaired) electrons. The van der Waals surface area contributed by atoms with Crippen molar-refractivity contribution in [2.45, 2.75) is 76.7 Å². The summed E-state index contributed by atoms with van der Waals surface area (Å²) in [7, 11) is 0. The number of hydrogen-bond donors (Lipinski definition) is 0. The Morgan fingerprint density at radius 1 is 0.680 bits per heavy atom. The molecule has 25 heavy (non-hydrogen) atoms. The summed E-state index contributed by atoms with van der Waals surface area (Å²) in [4.78, 5) is 0. The van der Waals surface area contributed by atoms with Crippen LogP contribution in [0.5, 0.6) is 0 Å². The maximum atomic E-state index is 2.34. The van der Waals surface area contributed by atoms with Gasteiger partial charge in [-0.1, -0.05) is 88.1 Å². The average molecular weight is 355 g/mol. The minimum absolute atomic E-state index is 0.600. The molecule has 0 amide bonds. The quantitative estimate of drug-likeness (QED) is 0.414. The number of aryl methyl sites for hydroxylation is 2. The summed E-state index contributed by atoms with van der Waals surface area (Å²) in [5, 5.41) is 1.20. The van der Waals surface area contributed by atoms with E-state index in [0.29, 0.717) is 10.5 Å². The van der Waals surface area contributed by atoms with E-state index < -0.39 is 0 Å². The van der Waals surface area contributed by atoms with E-state index in [1.165, 1.54) is 60.8 Å². The van der Waals surface area contributed by atoms with Gasteiger partial charge in [-0.3, -0.25) is 0 Å². The fourth-order valence-corrected chi connectivity index (χ4v) is 5.29. The van der Waals surface area contributed by atoms with E-state index in [1.54, 1.807) is 0 Å². The fraction of sp³-hybridized carbons (Fsp3) is 0.500. The van der Waals surface area contributed by atoms with E-state index in [2.05, 4.69) is 88.0 Å². The molecule has 136 valence electrons. The van der Waals surface area contributed by atoms with Crippen molar-refractivity contribution in [3.63, 3.8) is 0 Å². The molecule has 0 N–H and O–H groups in total. The van der Waals surface area contributed by atoms with Crippen molar-refractivity contribution in [2.24, 2.45) is 0 Å². The molecular weight excluding hydrogens is 320 g/mol. The molecule has 0 heterocycles. The predicted molar refractivity (Wildman–Crippen MR) is 114 cm³/mol. The number of thioether (sulfide) groups is 1. The molecule has 2 atom stereocenters. The Kier molecular flexibility index (Phi) is 8.61. The molecule has 2 rings (SSSR count). The topological polar surface area (TPSA) is 0 Å². The number of benzene rings is 2. The van der Waals surface area contributed by atoms with Crippen molar-refractivity contribution in [1.82, 2.24) is 0 Å². The van der Waals surface area contributed by atoms with E-state index in [4.69, 9.17) is 0 Å². The molecular formula is C24H34S. The van der Waals surface area contributed by atoms with Gasteiger partial charge in [0.2, 0.25) is 0 Å². The second-order valence-corrected chi connectivity index (χ2v) is 8.52. The second kappa shape index (κ2) is 10.7. The molecule has 0 aliphatic heterocycles. The summed E-state index contributed by atoms with van der Waals surface area (Å²) < 4.78 is 0. The van der Waals surface area contributed by atoms with Crippen LogP contribution in [0.15, 0.2) is 48.5 Å². The number of hydrogen-bond acceptors (Lipinski definition) is 1. The van der Waals surface area contributed by atoms with Gasteiger partial charge < -0.3 is 0 Å². The summed E-state index contributed by atoms with van der Waals surface area (Å²) in [5.41, 5.74) is 5.96. The SMILES string of the molecule is CCCCC(SC(CCCC)c1ccccc1C)c1ccccc1C. The fourth-order valence-electron chi connectivity index (χ4n) is 3.47. The van der Waals surface area contributed by atoms with Crippen LogP contribution < -0.4 is 0 Å². The Balaban J connectivity index is 2.28. The average Bonchev–Trinajstić information content (AvgIpc) is 2.63. The molecule has 1 heteroatoms. The first-order valence-corrected chi connectivity index (χ1v) is 10.9. The lowest BCUT2D eigenvalue weighted by Crippen LogP contribution is -2.04. The molecule has 2 aromatic rings. The first-order valence-electron chi connectivity index (χ1n) is 9.93. The highest BCUT2D eigenvalue weighted by molar-refractivity contribution is 7.99. The molecule has 2 unspecified atom stereocenters. The Bertz CT molecular complexity index is 576. The smallest absolute Gasteiger partial charge is 0.0306 e. The lowest BCUT2D eigenvalue weighted by Gasteiger charge is -2.26. The van der Waals surface area contributed by atoms with Gasteiger partial charge in [-0.25, -0.2) is 0 Å². The summed E-state index contributed by atoms with van der Waals surface area (Å²) in [6.45, 7) is 9.14. The van der Waals surface area contributed by atoms with Gasteiger partial charge in [0.05, 0.1) is 0 Å². The van der Waals surface area contributed by atoms with Crippen LogP contribution in [0, 0.1) is 13.8 Å². The molecule has 2 aromatic carbocycles. The summed E-state index contributed by atoms with van der Waals surface area (Å²) in [6.07, 6.45) is 7.71. The van der Waals surface area contributed by atoms with Crippen LogP contribution in [0.25, 0.3) is 0 Å². The van der Waals surface area contributed by atoms with Crippen molar-refractivity contribution in [3.05, 3.63) is 70.8 Å². The third kappa shape index (κ3) is 5.92. The highest BCUT2D eigenvalue weighted by Gasteiger charge is 2.21. The highest BCUT2D eigenvalue weighted by Crippen LogP contribution is 2.47. The molecule has 0 fully saturated rings. The molecule has 0 aliphatic carbocycles. The summed E-state index contributed by atoms with van der Waals surface area (Å²) in [6, 6.07) is 18.0. The van der Waals surface area contributed by atoms with E-state index in [9.17, 15) is 0 Å². The maximum Gasteiger partial charge on any atom is 0.0306 e. The monoisotopic (exact) mass is 354 g/mol. The van der Waals surface area contributed by atoms with Crippen LogP contribution in [0.1, 0.15) is 85.1 Å². The van der Waals surface area contributed by atoms with E-state index in [0.717, 1.165) is 0 Å². The number of rotatable bonds is 10. The van der Waals surface area contributed by atoms with Gasteiger partial charge in [-0.05, 0) is 48.9 Å². The van der Waals surface area contributed by atoms with Crippen molar-refractivity contribution >= 4 is 11.8 Å². The lowest BCUT2D eigenvalue weighted by atomic mass is 10.0. The molecule has 0 spiro atoms. The minimum Gasteiger partial charge on any atom is -0.146 e. The molecule has 0 saturated heterocycles. The van der Waals surface area contributed by atoms with Crippen LogP contribution in [-0.4, -0.2) is 0 Å². The zero-order valence-corrected chi connectivity index (χ0v) is 17.2. The minimum atomic E-state index is 0.600. The van der Waals surface area contributed by atoms with Crippen molar-refractivity contribution in [3.8, 4) is 0 Å². The third-order valence-electron chi connectivity index (χ3n) is 5.04. The summed E-state index contributed by atoms with van der Waals surface area (Å²) in [5.74, 6) is 0. The van der Waals surface area contributed by atoms with Gasteiger partial charge in [0.25, 0.3) is 0 Å². The van der Waals surface area contributed by atoms with Crippen LogP contribution in [0.4, 0.5) is 0 Å². The maximum absolute atomic E-state index is 2.34. The van der Waals surface area contributed by atoms with Gasteiger partial charge in [-0.2, -0.15) is 0 Å². The molecule has 0 aromatic heterocycles. The highest BCUT2D eigenvalue weighted by atomic mass is 32.2. The molecule has 0 bridgehead atoms. The van der Waals surface area contributed by atoms with E-state index >= 15 is 0 Å². The standard InChI is InChI=1S/C24H34S/c1-5-7-17-23(21-15-11-9-13-19(21)3)25-24(18-8-6-2)22-16-12-10-14-20(22)4/h9-16,23-24H,5-8,17-18H2,1-4H3. The second-order valence-electron chi connectivity index (χ2n) is 7.11. The van der Waals surface area contributed by atoms with Crippen LogP contribution in [-0.2, 0) is 0 Å². The zero-order valence-electron chi connectivity index (χ0n) is 16.4. The van der Waals surface area contributed by atoms with Gasteiger partial charge >= 0.3 is 0 Å². The first kappa shape index (κ1) is 20.1. The molecule has 0 aliphatic rings. The Morgan fingerprint density at radius 3 is 1.44 bits per heavy atom. The van der Waals surface area contributed by atoms with Gasteiger partial charge in [0, 0.05) is 10.5 Å². The number of unbranched alkanes of at least 4 members (excludes halogenated alkanes) is 2. The van der Waals surface area contributed by atoms with Crippen LogP contribution in [0.2, 0.25) is 0 Å². The van der Waals surface area contributed by atoms with Gasteiger partial charge in [-0.15, -0.1) is 11.8 Å². The van der Waals surface area contributed by atoms with E-state index in [-0.39, 0.29) is 0 Å². The Morgan fingerprint density at radius 2 is 1.08 bits per heavy atom. The molecule has 0 nitrogen and oxygen atoms in total. The Labute approximate surface area is 159 Å². The third-order valence-corrected chi connectivity index (χ3v) is 6.68. The van der Waals surface area contributed by atoms with Gasteiger partial charge in [0.15, 0.2) is 0 Å². The normalized spacial score (nSPS) is 13.6. The predicted octanol–water partition coefficient (Wildman–Crippen LogP) is 8.20. The largest absolute Gasteiger partial charge is 0.146 e.